The van der Waals surface area contributed by atoms with Crippen molar-refractivity contribution >= 4 is 5.91 Å². The molecule has 0 aromatic heterocycles. The number of halogens is 3. The second-order valence-electron chi connectivity index (χ2n) is 3.31. The van der Waals surface area contributed by atoms with E-state index in [2.05, 4.69) is 0 Å². The first-order valence-corrected chi connectivity index (χ1v) is 4.25. The van der Waals surface area contributed by atoms with Crippen LogP contribution in [0.5, 0.6) is 0 Å². The Bertz CT molecular complexity index is 367. The molecule has 0 aliphatic heterocycles. The predicted octanol–water partition coefficient (Wildman–Crippen LogP) is 1.73. The summed E-state index contributed by atoms with van der Waals surface area (Å²) in [5, 5.41) is 0. The molecule has 0 fully saturated rings. The zero-order valence-corrected chi connectivity index (χ0v) is 8.35. The van der Waals surface area contributed by atoms with Gasteiger partial charge in [0, 0.05) is 31.8 Å². The third-order valence-electron chi connectivity index (χ3n) is 1.93. The van der Waals surface area contributed by atoms with Gasteiger partial charge in [0.1, 0.15) is 17.5 Å². The molecule has 1 rings (SSSR count). The average molecular weight is 217 g/mol. The van der Waals surface area contributed by atoms with Crippen LogP contribution < -0.4 is 0 Å². The van der Waals surface area contributed by atoms with Crippen molar-refractivity contribution < 1.29 is 18.0 Å². The molecule has 15 heavy (non-hydrogen) atoms. The van der Waals surface area contributed by atoms with E-state index in [1.54, 1.807) is 0 Å². The van der Waals surface area contributed by atoms with Crippen LogP contribution in [-0.4, -0.2) is 24.9 Å². The smallest absolute Gasteiger partial charge is 0.226 e. The highest BCUT2D eigenvalue weighted by Crippen LogP contribution is 2.15. The van der Waals surface area contributed by atoms with Gasteiger partial charge in [0.05, 0.1) is 6.42 Å². The van der Waals surface area contributed by atoms with Crippen LogP contribution in [0.4, 0.5) is 13.2 Å². The lowest BCUT2D eigenvalue weighted by atomic mass is 10.1. The summed E-state index contributed by atoms with van der Waals surface area (Å²) in [6.07, 6.45) is -0.412. The molecule has 1 amide bonds. The Kier molecular flexibility index (Phi) is 3.34. The van der Waals surface area contributed by atoms with Crippen LogP contribution in [0.25, 0.3) is 0 Å². The van der Waals surface area contributed by atoms with E-state index in [0.717, 1.165) is 0 Å². The van der Waals surface area contributed by atoms with Gasteiger partial charge in [-0.05, 0) is 0 Å². The van der Waals surface area contributed by atoms with Crippen molar-refractivity contribution in [2.24, 2.45) is 0 Å². The maximum absolute atomic E-state index is 13.1. The maximum Gasteiger partial charge on any atom is 0.226 e. The number of rotatable bonds is 2. The van der Waals surface area contributed by atoms with Gasteiger partial charge in [0.2, 0.25) is 5.91 Å². The van der Waals surface area contributed by atoms with Gasteiger partial charge in [0.25, 0.3) is 0 Å². The summed E-state index contributed by atoms with van der Waals surface area (Å²) in [6, 6.07) is 1.11. The number of amides is 1. The fourth-order valence-corrected chi connectivity index (χ4v) is 1.05. The third kappa shape index (κ3) is 2.71. The summed E-state index contributed by atoms with van der Waals surface area (Å²) in [5.74, 6) is -3.52. The molecule has 1 aromatic rings. The molecule has 5 heteroatoms. The van der Waals surface area contributed by atoms with Crippen molar-refractivity contribution in [2.45, 2.75) is 6.42 Å². The van der Waals surface area contributed by atoms with Crippen molar-refractivity contribution in [1.29, 1.82) is 0 Å². The molecule has 0 aliphatic rings. The van der Waals surface area contributed by atoms with Crippen LogP contribution in [0, 0.1) is 17.5 Å². The van der Waals surface area contributed by atoms with E-state index in [0.29, 0.717) is 12.1 Å². The summed E-state index contributed by atoms with van der Waals surface area (Å²) in [5.41, 5.74) is -0.407. The molecule has 0 aliphatic carbocycles. The molecular weight excluding hydrogens is 207 g/mol. The van der Waals surface area contributed by atoms with Crippen molar-refractivity contribution in [3.05, 3.63) is 35.1 Å². The van der Waals surface area contributed by atoms with Gasteiger partial charge in [-0.1, -0.05) is 0 Å². The Hall–Kier alpha value is -1.52. The molecule has 0 radical (unpaired) electrons. The molecular formula is C10H10F3NO. The Morgan fingerprint density at radius 2 is 1.67 bits per heavy atom. The molecule has 0 saturated carbocycles. The van der Waals surface area contributed by atoms with Crippen molar-refractivity contribution in [3.8, 4) is 0 Å². The Labute approximate surface area is 85.3 Å². The number of nitrogens with zero attached hydrogens (tertiary/aromatic N) is 1. The van der Waals surface area contributed by atoms with Gasteiger partial charge in [-0.25, -0.2) is 13.2 Å². The topological polar surface area (TPSA) is 20.3 Å². The molecule has 0 atom stereocenters. The lowest BCUT2D eigenvalue weighted by Crippen LogP contribution is -2.24. The van der Waals surface area contributed by atoms with E-state index in [4.69, 9.17) is 0 Å². The fraction of sp³-hybridized carbons (Fsp3) is 0.300. The molecule has 0 spiro atoms. The van der Waals surface area contributed by atoms with E-state index in [1.165, 1.54) is 19.0 Å². The van der Waals surface area contributed by atoms with Gasteiger partial charge in [-0.15, -0.1) is 0 Å². The monoisotopic (exact) mass is 217 g/mol. The van der Waals surface area contributed by atoms with Crippen LogP contribution >= 0.6 is 0 Å². The maximum atomic E-state index is 13.1. The van der Waals surface area contributed by atoms with Crippen LogP contribution in [0.15, 0.2) is 12.1 Å². The first-order chi connectivity index (χ1) is 6.91. The number of carbonyl (C=O) groups is 1. The van der Waals surface area contributed by atoms with Crippen LogP contribution in [0.3, 0.4) is 0 Å². The number of hydrogen-bond acceptors (Lipinski definition) is 1. The second-order valence-corrected chi connectivity index (χ2v) is 3.31. The quantitative estimate of drug-likeness (QED) is 0.738. The number of benzene rings is 1. The summed E-state index contributed by atoms with van der Waals surface area (Å²) >= 11 is 0. The van der Waals surface area contributed by atoms with Crippen molar-refractivity contribution in [2.75, 3.05) is 14.1 Å². The Balaban J connectivity index is 3.00. The molecule has 0 unspecified atom stereocenters. The number of carbonyl (C=O) groups excluding carboxylic acids is 1. The minimum atomic E-state index is -1.04. The normalized spacial score (nSPS) is 10.2. The van der Waals surface area contributed by atoms with E-state index in [-0.39, 0.29) is 0 Å². The zero-order valence-electron chi connectivity index (χ0n) is 8.35. The second kappa shape index (κ2) is 4.33. The number of hydrogen-bond donors (Lipinski definition) is 0. The average Bonchev–Trinajstić information content (AvgIpc) is 2.10. The lowest BCUT2D eigenvalue weighted by molar-refractivity contribution is -0.128. The summed E-state index contributed by atoms with van der Waals surface area (Å²) < 4.78 is 38.7. The van der Waals surface area contributed by atoms with Gasteiger partial charge < -0.3 is 4.90 Å². The predicted molar refractivity (Wildman–Crippen MR) is 48.7 cm³/mol. The van der Waals surface area contributed by atoms with Crippen molar-refractivity contribution in [3.63, 3.8) is 0 Å². The van der Waals surface area contributed by atoms with E-state index in [9.17, 15) is 18.0 Å². The van der Waals surface area contributed by atoms with Gasteiger partial charge in [-0.2, -0.15) is 0 Å². The lowest BCUT2D eigenvalue weighted by Gasteiger charge is -2.11. The van der Waals surface area contributed by atoms with Gasteiger partial charge in [-0.3, -0.25) is 4.79 Å². The Morgan fingerprint density at radius 3 is 2.07 bits per heavy atom. The van der Waals surface area contributed by atoms with Crippen molar-refractivity contribution in [1.82, 2.24) is 4.90 Å². The van der Waals surface area contributed by atoms with Gasteiger partial charge in [0.15, 0.2) is 0 Å². The minimum absolute atomic E-state index is 0.407. The van der Waals surface area contributed by atoms with Crippen LogP contribution in [0.2, 0.25) is 0 Å². The molecule has 1 aromatic carbocycles. The molecule has 82 valence electrons. The van der Waals surface area contributed by atoms with E-state index in [1.807, 2.05) is 0 Å². The first-order valence-electron chi connectivity index (χ1n) is 4.25. The highest BCUT2D eigenvalue weighted by Gasteiger charge is 2.15. The molecule has 0 heterocycles. The molecule has 2 nitrogen and oxygen atoms in total. The van der Waals surface area contributed by atoms with E-state index >= 15 is 0 Å². The van der Waals surface area contributed by atoms with Crippen LogP contribution in [-0.2, 0) is 11.2 Å². The number of likely N-dealkylation sites (N-methyl/N-ethyl adjacent to an activating group) is 1. The summed E-state index contributed by atoms with van der Waals surface area (Å²) in [7, 11) is 2.95. The largest absolute Gasteiger partial charge is 0.349 e. The Morgan fingerprint density at radius 1 is 1.20 bits per heavy atom. The van der Waals surface area contributed by atoms with Gasteiger partial charge >= 0.3 is 0 Å². The fourth-order valence-electron chi connectivity index (χ4n) is 1.05. The molecule has 0 bridgehead atoms. The van der Waals surface area contributed by atoms with E-state index < -0.39 is 35.3 Å². The first kappa shape index (κ1) is 11.6. The summed E-state index contributed by atoms with van der Waals surface area (Å²) in [6.45, 7) is 0. The minimum Gasteiger partial charge on any atom is -0.349 e. The van der Waals surface area contributed by atoms with Crippen LogP contribution in [0.1, 0.15) is 5.56 Å². The SMILES string of the molecule is CN(C)C(=O)Cc1c(F)cc(F)cc1F. The molecule has 0 N–H and O–H groups in total. The standard InChI is InChI=1S/C10H10F3NO/c1-14(2)10(15)5-7-8(12)3-6(11)4-9(7)13/h3-4H,5H2,1-2H3. The highest BCUT2D eigenvalue weighted by atomic mass is 19.1. The molecule has 0 saturated heterocycles. The summed E-state index contributed by atoms with van der Waals surface area (Å²) in [4.78, 5) is 12.4. The third-order valence-corrected chi connectivity index (χ3v) is 1.93. The zero-order chi connectivity index (χ0) is 11.6. The highest BCUT2D eigenvalue weighted by molar-refractivity contribution is 5.78.